The number of carbonyl (C=O) groups is 1. The molecule has 1 fully saturated rings. The Kier molecular flexibility index (Phi) is 3.39. The van der Waals surface area contributed by atoms with E-state index in [1.165, 1.54) is 11.3 Å². The van der Waals surface area contributed by atoms with Crippen molar-refractivity contribution in [3.05, 3.63) is 16.1 Å². The van der Waals surface area contributed by atoms with E-state index in [1.807, 2.05) is 6.92 Å². The van der Waals surface area contributed by atoms with Crippen LogP contribution in [0.25, 0.3) is 0 Å². The van der Waals surface area contributed by atoms with Gasteiger partial charge in [0.15, 0.2) is 0 Å². The largest absolute Gasteiger partial charge is 0.350 e. The van der Waals surface area contributed by atoms with E-state index in [1.54, 1.807) is 6.20 Å². The van der Waals surface area contributed by atoms with E-state index in [-0.39, 0.29) is 5.91 Å². The van der Waals surface area contributed by atoms with Gasteiger partial charge in [-0.1, -0.05) is 0 Å². The highest BCUT2D eigenvalue weighted by Gasteiger charge is 2.42. The molecule has 0 bridgehead atoms. The van der Waals surface area contributed by atoms with Crippen LogP contribution in [-0.2, 0) is 11.3 Å². The first kappa shape index (κ1) is 12.4. The zero-order chi connectivity index (χ0) is 12.5. The van der Waals surface area contributed by atoms with Crippen molar-refractivity contribution in [1.82, 2.24) is 15.6 Å². The van der Waals surface area contributed by atoms with Crippen LogP contribution in [0, 0.1) is 6.92 Å². The van der Waals surface area contributed by atoms with Crippen LogP contribution < -0.4 is 10.6 Å². The summed E-state index contributed by atoms with van der Waals surface area (Å²) in [5, 5.41) is 6.06. The second-order valence-corrected chi connectivity index (χ2v) is 5.38. The molecule has 7 heteroatoms. The van der Waals surface area contributed by atoms with Gasteiger partial charge in [0.05, 0.1) is 24.1 Å². The Bertz CT molecular complexity index is 421. The Morgan fingerprint density at radius 1 is 1.76 bits per heavy atom. The van der Waals surface area contributed by atoms with Crippen molar-refractivity contribution in [3.8, 4) is 0 Å². The zero-order valence-corrected chi connectivity index (χ0v) is 10.1. The molecule has 1 atom stereocenters. The van der Waals surface area contributed by atoms with Crippen LogP contribution >= 0.6 is 11.3 Å². The molecule has 2 heterocycles. The molecule has 0 radical (unpaired) electrons. The molecule has 1 saturated heterocycles. The molecule has 1 amide bonds. The minimum Gasteiger partial charge on any atom is -0.350 e. The van der Waals surface area contributed by atoms with Gasteiger partial charge in [0.1, 0.15) is 0 Å². The van der Waals surface area contributed by atoms with Crippen LogP contribution in [0.3, 0.4) is 0 Å². The number of nitrogens with zero attached hydrogens (tertiary/aromatic N) is 1. The van der Waals surface area contributed by atoms with E-state index in [2.05, 4.69) is 15.6 Å². The van der Waals surface area contributed by atoms with E-state index in [4.69, 9.17) is 0 Å². The molecule has 1 aliphatic heterocycles. The Hall–Kier alpha value is -1.08. The summed E-state index contributed by atoms with van der Waals surface area (Å²) in [6.45, 7) is 1.79. The van der Waals surface area contributed by atoms with Gasteiger partial charge < -0.3 is 5.32 Å². The van der Waals surface area contributed by atoms with Crippen molar-refractivity contribution in [2.24, 2.45) is 0 Å². The van der Waals surface area contributed by atoms with Gasteiger partial charge >= 0.3 is 0 Å². The number of aromatic nitrogens is 1. The first-order valence-electron chi connectivity index (χ1n) is 5.26. The fraction of sp³-hybridized carbons (Fsp3) is 0.600. The maximum atomic E-state index is 12.9. The smallest absolute Gasteiger partial charge is 0.262 e. The lowest BCUT2D eigenvalue weighted by molar-refractivity contribution is -0.123. The Balaban J connectivity index is 1.82. The van der Waals surface area contributed by atoms with E-state index < -0.39 is 24.9 Å². The molecule has 2 rings (SSSR count). The third-order valence-electron chi connectivity index (χ3n) is 2.53. The van der Waals surface area contributed by atoms with Gasteiger partial charge in [0.2, 0.25) is 5.91 Å². The zero-order valence-electron chi connectivity index (χ0n) is 9.30. The summed E-state index contributed by atoms with van der Waals surface area (Å²) in [4.78, 5) is 16.6. The van der Waals surface area contributed by atoms with E-state index in [0.29, 0.717) is 6.54 Å². The molecule has 1 aromatic heterocycles. The second kappa shape index (κ2) is 4.66. The minimum absolute atomic E-state index is 0.341. The highest BCUT2D eigenvalue weighted by molar-refractivity contribution is 7.11. The number of carbonyl (C=O) groups excluding carboxylic acids is 1. The van der Waals surface area contributed by atoms with Gasteiger partial charge in [-0.05, 0) is 6.92 Å². The fourth-order valence-electron chi connectivity index (χ4n) is 1.69. The van der Waals surface area contributed by atoms with Gasteiger partial charge in [-0.3, -0.25) is 10.1 Å². The summed E-state index contributed by atoms with van der Waals surface area (Å²) in [6, 6.07) is -0.793. The van der Waals surface area contributed by atoms with Crippen LogP contribution in [0.5, 0.6) is 0 Å². The molecule has 4 nitrogen and oxygen atoms in total. The van der Waals surface area contributed by atoms with E-state index in [9.17, 15) is 13.6 Å². The molecule has 1 aliphatic rings. The van der Waals surface area contributed by atoms with Crippen LogP contribution in [-0.4, -0.2) is 29.4 Å². The molecule has 0 saturated carbocycles. The van der Waals surface area contributed by atoms with Crippen molar-refractivity contribution in [1.29, 1.82) is 0 Å². The quantitative estimate of drug-likeness (QED) is 0.855. The van der Waals surface area contributed by atoms with Gasteiger partial charge in [0, 0.05) is 17.5 Å². The number of hydrogen-bond donors (Lipinski definition) is 2. The number of aryl methyl sites for hydroxylation is 1. The molecule has 0 spiro atoms. The number of thiazole rings is 1. The maximum Gasteiger partial charge on any atom is 0.262 e. The molecule has 1 unspecified atom stereocenters. The van der Waals surface area contributed by atoms with Gasteiger partial charge in [-0.15, -0.1) is 11.3 Å². The average molecular weight is 261 g/mol. The van der Waals surface area contributed by atoms with E-state index in [0.717, 1.165) is 9.88 Å². The number of alkyl halides is 2. The summed E-state index contributed by atoms with van der Waals surface area (Å²) in [5.74, 6) is -3.16. The molecule has 94 valence electrons. The predicted molar refractivity (Wildman–Crippen MR) is 60.1 cm³/mol. The number of rotatable bonds is 3. The van der Waals surface area contributed by atoms with Crippen molar-refractivity contribution in [2.75, 3.05) is 6.54 Å². The molecule has 2 N–H and O–H groups in total. The van der Waals surface area contributed by atoms with Crippen molar-refractivity contribution in [2.45, 2.75) is 31.9 Å². The van der Waals surface area contributed by atoms with Crippen molar-refractivity contribution < 1.29 is 13.6 Å². The van der Waals surface area contributed by atoms with Gasteiger partial charge in [-0.2, -0.15) is 0 Å². The standard InChI is InChI=1S/C10H13F2N3OS/c1-6-13-3-7(17-6)4-14-9(16)8-2-10(11,12)5-15-8/h3,8,15H,2,4-5H2,1H3,(H,14,16). The molecule has 0 aromatic carbocycles. The predicted octanol–water partition coefficient (Wildman–Crippen LogP) is 1.06. The first-order chi connectivity index (χ1) is 7.96. The normalized spacial score (nSPS) is 22.6. The number of nitrogens with one attached hydrogen (secondary N) is 2. The van der Waals surface area contributed by atoms with Crippen molar-refractivity contribution in [3.63, 3.8) is 0 Å². The summed E-state index contributed by atoms with van der Waals surface area (Å²) < 4.78 is 25.7. The number of hydrogen-bond acceptors (Lipinski definition) is 4. The summed E-state index contributed by atoms with van der Waals surface area (Å²) in [5.41, 5.74) is 0. The molecule has 17 heavy (non-hydrogen) atoms. The highest BCUT2D eigenvalue weighted by Crippen LogP contribution is 2.25. The fourth-order valence-corrected chi connectivity index (χ4v) is 2.42. The van der Waals surface area contributed by atoms with Crippen LogP contribution in [0.4, 0.5) is 8.78 Å². The lowest BCUT2D eigenvalue weighted by atomic mass is 10.2. The van der Waals surface area contributed by atoms with Crippen LogP contribution in [0.15, 0.2) is 6.20 Å². The summed E-state index contributed by atoms with van der Waals surface area (Å²) >= 11 is 1.48. The topological polar surface area (TPSA) is 54.0 Å². The highest BCUT2D eigenvalue weighted by atomic mass is 32.1. The molecular formula is C10H13F2N3OS. The van der Waals surface area contributed by atoms with Crippen LogP contribution in [0.2, 0.25) is 0 Å². The lowest BCUT2D eigenvalue weighted by Crippen LogP contribution is -2.39. The van der Waals surface area contributed by atoms with Crippen molar-refractivity contribution >= 4 is 17.2 Å². The SMILES string of the molecule is Cc1ncc(CNC(=O)C2CC(F)(F)CN2)s1. The van der Waals surface area contributed by atoms with E-state index >= 15 is 0 Å². The monoisotopic (exact) mass is 261 g/mol. The maximum absolute atomic E-state index is 12.9. The van der Waals surface area contributed by atoms with Gasteiger partial charge in [0.25, 0.3) is 5.92 Å². The Labute approximate surface area is 101 Å². The lowest BCUT2D eigenvalue weighted by Gasteiger charge is -2.10. The van der Waals surface area contributed by atoms with Gasteiger partial charge in [-0.25, -0.2) is 13.8 Å². The third kappa shape index (κ3) is 3.19. The molecule has 1 aromatic rings. The summed E-state index contributed by atoms with van der Waals surface area (Å²) in [7, 11) is 0. The van der Waals surface area contributed by atoms with Crippen LogP contribution in [0.1, 0.15) is 16.3 Å². The average Bonchev–Trinajstić information content (AvgIpc) is 2.81. The molecular weight excluding hydrogens is 248 g/mol. The minimum atomic E-state index is -2.77. The second-order valence-electron chi connectivity index (χ2n) is 4.06. The summed E-state index contributed by atoms with van der Waals surface area (Å²) in [6.07, 6.45) is 1.25. The first-order valence-corrected chi connectivity index (χ1v) is 6.08. The Morgan fingerprint density at radius 2 is 2.53 bits per heavy atom. The third-order valence-corrected chi connectivity index (χ3v) is 3.45. The Morgan fingerprint density at radius 3 is 3.06 bits per heavy atom. The number of amides is 1. The number of halogens is 2. The molecule has 0 aliphatic carbocycles.